The van der Waals surface area contributed by atoms with Crippen LogP contribution in [0, 0.1) is 6.92 Å². The standard InChI is InChI=1S/C18H15N3O4/c1-10-12(6-7-19-16(10)18(23)24)17-20-13-9-11(4-5-14(13)25-17)21-8-2-3-15(21)22/h4-7,9H,2-3,8H2,1H3,(H,23,24). The molecular weight excluding hydrogens is 322 g/mol. The fourth-order valence-corrected chi connectivity index (χ4v) is 3.10. The van der Waals surface area contributed by atoms with E-state index in [0.717, 1.165) is 12.1 Å². The molecule has 0 unspecified atom stereocenters. The number of amides is 1. The lowest BCUT2D eigenvalue weighted by Crippen LogP contribution is -2.23. The van der Waals surface area contributed by atoms with Crippen LogP contribution in [0.5, 0.6) is 0 Å². The molecule has 1 saturated heterocycles. The highest BCUT2D eigenvalue weighted by molar-refractivity contribution is 5.97. The van der Waals surface area contributed by atoms with Crippen LogP contribution in [0.2, 0.25) is 0 Å². The van der Waals surface area contributed by atoms with E-state index in [4.69, 9.17) is 4.42 Å². The Hall–Kier alpha value is -3.22. The fourth-order valence-electron chi connectivity index (χ4n) is 3.10. The van der Waals surface area contributed by atoms with Crippen molar-refractivity contribution in [3.8, 4) is 11.5 Å². The highest BCUT2D eigenvalue weighted by atomic mass is 16.4. The van der Waals surface area contributed by atoms with Gasteiger partial charge in [-0.1, -0.05) is 0 Å². The summed E-state index contributed by atoms with van der Waals surface area (Å²) in [6.45, 7) is 2.38. The van der Waals surface area contributed by atoms with E-state index in [9.17, 15) is 14.7 Å². The number of carboxylic acids is 1. The van der Waals surface area contributed by atoms with Gasteiger partial charge in [-0.05, 0) is 43.2 Å². The number of rotatable bonds is 3. The summed E-state index contributed by atoms with van der Waals surface area (Å²) in [6.07, 6.45) is 2.85. The summed E-state index contributed by atoms with van der Waals surface area (Å²) in [6, 6.07) is 7.11. The van der Waals surface area contributed by atoms with E-state index in [1.165, 1.54) is 6.20 Å². The fraction of sp³-hybridized carbons (Fsp3) is 0.222. The van der Waals surface area contributed by atoms with Crippen molar-refractivity contribution in [1.82, 2.24) is 9.97 Å². The average molecular weight is 337 g/mol. The van der Waals surface area contributed by atoms with Crippen LogP contribution in [0.3, 0.4) is 0 Å². The minimum absolute atomic E-state index is 0.0249. The molecule has 7 heteroatoms. The zero-order chi connectivity index (χ0) is 17.6. The van der Waals surface area contributed by atoms with E-state index < -0.39 is 5.97 Å². The number of fused-ring (bicyclic) bond motifs is 1. The minimum Gasteiger partial charge on any atom is -0.477 e. The molecule has 7 nitrogen and oxygen atoms in total. The molecule has 1 aliphatic heterocycles. The predicted octanol–water partition coefficient (Wildman–Crippen LogP) is 3.02. The smallest absolute Gasteiger partial charge is 0.354 e. The molecule has 0 spiro atoms. The number of benzene rings is 1. The second kappa shape index (κ2) is 5.70. The van der Waals surface area contributed by atoms with Gasteiger partial charge in [0.2, 0.25) is 11.8 Å². The van der Waals surface area contributed by atoms with Crippen molar-refractivity contribution in [1.29, 1.82) is 0 Å². The maximum Gasteiger partial charge on any atom is 0.354 e. The molecule has 0 atom stereocenters. The summed E-state index contributed by atoms with van der Waals surface area (Å²) in [4.78, 5) is 33.3. The third-order valence-electron chi connectivity index (χ3n) is 4.39. The second-order valence-electron chi connectivity index (χ2n) is 5.96. The first-order chi connectivity index (χ1) is 12.0. The van der Waals surface area contributed by atoms with Gasteiger partial charge in [0.1, 0.15) is 5.52 Å². The van der Waals surface area contributed by atoms with Crippen molar-refractivity contribution >= 4 is 28.7 Å². The van der Waals surface area contributed by atoms with Gasteiger partial charge in [-0.2, -0.15) is 0 Å². The minimum atomic E-state index is -1.09. The van der Waals surface area contributed by atoms with Crippen LogP contribution in [0.1, 0.15) is 28.9 Å². The molecule has 3 heterocycles. The molecule has 3 aromatic rings. The van der Waals surface area contributed by atoms with E-state index in [2.05, 4.69) is 9.97 Å². The van der Waals surface area contributed by atoms with Crippen LogP contribution in [-0.4, -0.2) is 33.5 Å². The topological polar surface area (TPSA) is 96.5 Å². The molecule has 1 aromatic carbocycles. The number of carbonyl (C=O) groups excluding carboxylic acids is 1. The number of nitrogens with zero attached hydrogens (tertiary/aromatic N) is 3. The number of hydrogen-bond donors (Lipinski definition) is 1. The van der Waals surface area contributed by atoms with Gasteiger partial charge in [-0.15, -0.1) is 0 Å². The van der Waals surface area contributed by atoms with E-state index in [1.54, 1.807) is 24.0 Å². The van der Waals surface area contributed by atoms with Crippen molar-refractivity contribution in [2.75, 3.05) is 11.4 Å². The number of pyridine rings is 1. The number of aromatic nitrogens is 2. The molecule has 0 radical (unpaired) electrons. The van der Waals surface area contributed by atoms with Gasteiger partial charge in [0.25, 0.3) is 0 Å². The summed E-state index contributed by atoms with van der Waals surface area (Å²) in [5, 5.41) is 9.21. The van der Waals surface area contributed by atoms with Crippen LogP contribution in [0.15, 0.2) is 34.9 Å². The average Bonchev–Trinajstić information content (AvgIpc) is 3.19. The van der Waals surface area contributed by atoms with Crippen LogP contribution in [0.4, 0.5) is 5.69 Å². The largest absolute Gasteiger partial charge is 0.477 e. The molecule has 25 heavy (non-hydrogen) atoms. The number of oxazole rings is 1. The third-order valence-corrected chi connectivity index (χ3v) is 4.39. The Morgan fingerprint density at radius 3 is 2.88 bits per heavy atom. The first-order valence-electron chi connectivity index (χ1n) is 7.95. The van der Waals surface area contributed by atoms with Gasteiger partial charge in [-0.3, -0.25) is 4.79 Å². The summed E-state index contributed by atoms with van der Waals surface area (Å²) in [5.41, 5.74) is 3.06. The van der Waals surface area contributed by atoms with Gasteiger partial charge >= 0.3 is 5.97 Å². The van der Waals surface area contributed by atoms with Gasteiger partial charge in [0.05, 0.1) is 0 Å². The lowest BCUT2D eigenvalue weighted by molar-refractivity contribution is -0.117. The van der Waals surface area contributed by atoms with E-state index in [0.29, 0.717) is 41.1 Å². The van der Waals surface area contributed by atoms with Gasteiger partial charge in [0, 0.05) is 30.4 Å². The summed E-state index contributed by atoms with van der Waals surface area (Å²) in [5.74, 6) is -0.647. The Balaban J connectivity index is 1.79. The molecule has 126 valence electrons. The van der Waals surface area contributed by atoms with Crippen molar-refractivity contribution in [3.05, 3.63) is 41.7 Å². The van der Waals surface area contributed by atoms with Crippen LogP contribution in [-0.2, 0) is 4.79 Å². The van der Waals surface area contributed by atoms with E-state index in [1.807, 2.05) is 12.1 Å². The van der Waals surface area contributed by atoms with Crippen LogP contribution in [0.25, 0.3) is 22.6 Å². The number of carboxylic acid groups (broad SMARTS) is 1. The second-order valence-corrected chi connectivity index (χ2v) is 5.96. The molecule has 4 rings (SSSR count). The molecular formula is C18H15N3O4. The van der Waals surface area contributed by atoms with Crippen LogP contribution >= 0.6 is 0 Å². The quantitative estimate of drug-likeness (QED) is 0.789. The summed E-state index contributed by atoms with van der Waals surface area (Å²) < 4.78 is 5.78. The highest BCUT2D eigenvalue weighted by Crippen LogP contribution is 2.31. The number of anilines is 1. The molecule has 2 aromatic heterocycles. The Kier molecular flexibility index (Phi) is 3.49. The first-order valence-corrected chi connectivity index (χ1v) is 7.95. The Labute approximate surface area is 142 Å². The molecule has 0 bridgehead atoms. The molecule has 1 N–H and O–H groups in total. The van der Waals surface area contributed by atoms with Gasteiger partial charge in [-0.25, -0.2) is 14.8 Å². The lowest BCUT2D eigenvalue weighted by atomic mass is 10.1. The normalized spacial score (nSPS) is 14.4. The van der Waals surface area contributed by atoms with E-state index >= 15 is 0 Å². The highest BCUT2D eigenvalue weighted by Gasteiger charge is 2.23. The maximum absolute atomic E-state index is 11.9. The molecule has 0 aliphatic carbocycles. The van der Waals surface area contributed by atoms with Crippen molar-refractivity contribution in [2.24, 2.45) is 0 Å². The monoisotopic (exact) mass is 337 g/mol. The number of hydrogen-bond acceptors (Lipinski definition) is 5. The number of carbonyl (C=O) groups is 2. The zero-order valence-corrected chi connectivity index (χ0v) is 13.5. The van der Waals surface area contributed by atoms with Gasteiger partial charge < -0.3 is 14.4 Å². The molecule has 0 saturated carbocycles. The van der Waals surface area contributed by atoms with Crippen LogP contribution < -0.4 is 4.90 Å². The summed E-state index contributed by atoms with van der Waals surface area (Å²) in [7, 11) is 0. The van der Waals surface area contributed by atoms with Crippen molar-refractivity contribution in [2.45, 2.75) is 19.8 Å². The third kappa shape index (κ3) is 2.53. The first kappa shape index (κ1) is 15.3. The summed E-state index contributed by atoms with van der Waals surface area (Å²) >= 11 is 0. The maximum atomic E-state index is 11.9. The van der Waals surface area contributed by atoms with Crippen molar-refractivity contribution in [3.63, 3.8) is 0 Å². The lowest BCUT2D eigenvalue weighted by Gasteiger charge is -2.14. The molecule has 1 aliphatic rings. The molecule has 1 fully saturated rings. The van der Waals surface area contributed by atoms with E-state index in [-0.39, 0.29) is 11.6 Å². The predicted molar refractivity (Wildman–Crippen MR) is 90.5 cm³/mol. The Morgan fingerprint density at radius 1 is 1.32 bits per heavy atom. The van der Waals surface area contributed by atoms with Gasteiger partial charge in [0.15, 0.2) is 11.3 Å². The Morgan fingerprint density at radius 2 is 2.16 bits per heavy atom. The zero-order valence-electron chi connectivity index (χ0n) is 13.5. The SMILES string of the molecule is Cc1c(-c2nc3cc(N4CCCC4=O)ccc3o2)ccnc1C(=O)O. The number of aromatic carboxylic acids is 1. The Bertz CT molecular complexity index is 1010. The van der Waals surface area contributed by atoms with Crippen molar-refractivity contribution < 1.29 is 19.1 Å². The molecule has 1 amide bonds.